The summed E-state index contributed by atoms with van der Waals surface area (Å²) in [6, 6.07) is 5.86. The summed E-state index contributed by atoms with van der Waals surface area (Å²) < 4.78 is 5.78. The summed E-state index contributed by atoms with van der Waals surface area (Å²) in [6.07, 6.45) is 5.15. The Morgan fingerprint density at radius 1 is 1.45 bits per heavy atom. The lowest BCUT2D eigenvalue weighted by atomic mass is 9.80. The first-order chi connectivity index (χ1) is 10.7. The molecule has 2 aromatic heterocycles. The highest BCUT2D eigenvalue weighted by Crippen LogP contribution is 2.50. The van der Waals surface area contributed by atoms with Crippen LogP contribution in [0.25, 0.3) is 0 Å². The van der Waals surface area contributed by atoms with Gasteiger partial charge in [-0.15, -0.1) is 10.2 Å². The Kier molecular flexibility index (Phi) is 2.89. The average Bonchev–Trinajstić information content (AvgIpc) is 3.20. The highest BCUT2D eigenvalue weighted by molar-refractivity contribution is 5.55. The van der Waals surface area contributed by atoms with Gasteiger partial charge in [0.2, 0.25) is 11.8 Å². The molecule has 0 unspecified atom stereocenters. The fraction of sp³-hybridized carbons (Fsp3) is 0.500. The molecule has 1 saturated carbocycles. The lowest BCUT2D eigenvalue weighted by Gasteiger charge is -2.25. The van der Waals surface area contributed by atoms with Gasteiger partial charge in [-0.05, 0) is 30.9 Å². The maximum absolute atomic E-state index is 9.31. The normalized spacial score (nSPS) is 26.9. The second kappa shape index (κ2) is 4.80. The Hall–Kier alpha value is -2.42. The number of anilines is 1. The molecule has 6 nitrogen and oxygen atoms in total. The summed E-state index contributed by atoms with van der Waals surface area (Å²) in [5.74, 6) is 2.63. The Bertz CT molecular complexity index is 749. The van der Waals surface area contributed by atoms with E-state index >= 15 is 0 Å². The van der Waals surface area contributed by atoms with Crippen LogP contribution in [0.2, 0.25) is 0 Å². The Morgan fingerprint density at radius 3 is 3.14 bits per heavy atom. The number of aryl methyl sites for hydroxylation is 1. The molecule has 1 aliphatic heterocycles. The highest BCUT2D eigenvalue weighted by atomic mass is 16.4. The number of nitrogens with zero attached hydrogens (tertiary/aromatic N) is 5. The van der Waals surface area contributed by atoms with Crippen LogP contribution in [-0.2, 0) is 5.41 Å². The topological polar surface area (TPSA) is 78.8 Å². The first-order valence-electron chi connectivity index (χ1n) is 7.63. The third kappa shape index (κ3) is 1.82. The van der Waals surface area contributed by atoms with Crippen molar-refractivity contribution in [2.45, 2.75) is 31.6 Å². The van der Waals surface area contributed by atoms with Crippen LogP contribution in [0.15, 0.2) is 22.7 Å². The maximum atomic E-state index is 9.31. The van der Waals surface area contributed by atoms with Gasteiger partial charge in [-0.1, -0.05) is 6.42 Å². The molecule has 112 valence electrons. The smallest absolute Gasteiger partial charge is 0.224 e. The van der Waals surface area contributed by atoms with Gasteiger partial charge < -0.3 is 9.32 Å². The van der Waals surface area contributed by atoms with E-state index in [9.17, 15) is 5.26 Å². The second-order valence-corrected chi connectivity index (χ2v) is 6.24. The molecule has 0 aromatic carbocycles. The van der Waals surface area contributed by atoms with Crippen molar-refractivity contribution in [1.82, 2.24) is 15.2 Å². The fourth-order valence-electron chi connectivity index (χ4n) is 4.03. The van der Waals surface area contributed by atoms with E-state index in [1.807, 2.05) is 13.0 Å². The van der Waals surface area contributed by atoms with Crippen LogP contribution in [-0.4, -0.2) is 28.3 Å². The molecule has 3 heterocycles. The molecule has 0 amide bonds. The van der Waals surface area contributed by atoms with E-state index in [-0.39, 0.29) is 5.41 Å². The van der Waals surface area contributed by atoms with E-state index in [4.69, 9.17) is 4.42 Å². The van der Waals surface area contributed by atoms with E-state index in [0.29, 0.717) is 17.4 Å². The van der Waals surface area contributed by atoms with Gasteiger partial charge in [0.05, 0.1) is 11.0 Å². The van der Waals surface area contributed by atoms with Gasteiger partial charge >= 0.3 is 0 Å². The van der Waals surface area contributed by atoms with E-state index in [0.717, 1.165) is 37.6 Å². The van der Waals surface area contributed by atoms with Crippen molar-refractivity contribution in [3.05, 3.63) is 35.7 Å². The number of nitriles is 1. The van der Waals surface area contributed by atoms with Gasteiger partial charge in [-0.25, -0.2) is 4.98 Å². The molecular weight excluding hydrogens is 278 g/mol. The second-order valence-electron chi connectivity index (χ2n) is 6.24. The lowest BCUT2D eigenvalue weighted by Crippen LogP contribution is -2.32. The van der Waals surface area contributed by atoms with Crippen LogP contribution in [0.5, 0.6) is 0 Å². The zero-order valence-electron chi connectivity index (χ0n) is 12.5. The van der Waals surface area contributed by atoms with Gasteiger partial charge in [0.1, 0.15) is 11.9 Å². The third-order valence-corrected chi connectivity index (χ3v) is 5.03. The van der Waals surface area contributed by atoms with Crippen molar-refractivity contribution in [1.29, 1.82) is 5.26 Å². The number of hydrogen-bond acceptors (Lipinski definition) is 6. The number of pyridine rings is 1. The molecule has 2 aliphatic rings. The van der Waals surface area contributed by atoms with Gasteiger partial charge in [0.15, 0.2) is 0 Å². The molecular formula is C16H17N5O. The molecule has 1 saturated heterocycles. The van der Waals surface area contributed by atoms with E-state index in [2.05, 4.69) is 26.2 Å². The Balaban J connectivity index is 1.72. The van der Waals surface area contributed by atoms with Crippen LogP contribution >= 0.6 is 0 Å². The highest BCUT2D eigenvalue weighted by Gasteiger charge is 2.54. The van der Waals surface area contributed by atoms with Gasteiger partial charge in [0.25, 0.3) is 0 Å². The minimum absolute atomic E-state index is 0.0779. The molecule has 0 spiro atoms. The van der Waals surface area contributed by atoms with E-state index in [1.54, 1.807) is 12.3 Å². The van der Waals surface area contributed by atoms with Gasteiger partial charge in [0, 0.05) is 26.2 Å². The first-order valence-corrected chi connectivity index (χ1v) is 7.63. The quantitative estimate of drug-likeness (QED) is 0.845. The molecule has 2 aromatic rings. The van der Waals surface area contributed by atoms with Crippen molar-refractivity contribution < 1.29 is 4.42 Å². The molecule has 4 rings (SSSR count). The predicted octanol–water partition coefficient (Wildman–Crippen LogP) is 2.20. The van der Waals surface area contributed by atoms with Gasteiger partial charge in [-0.2, -0.15) is 5.26 Å². The average molecular weight is 295 g/mol. The van der Waals surface area contributed by atoms with Crippen molar-refractivity contribution in [3.63, 3.8) is 0 Å². The van der Waals surface area contributed by atoms with E-state index < -0.39 is 0 Å². The number of hydrogen-bond donors (Lipinski definition) is 0. The summed E-state index contributed by atoms with van der Waals surface area (Å²) in [6.45, 7) is 3.52. The molecule has 0 bridgehead atoms. The zero-order valence-corrected chi connectivity index (χ0v) is 12.5. The molecule has 22 heavy (non-hydrogen) atoms. The van der Waals surface area contributed by atoms with Crippen molar-refractivity contribution >= 4 is 5.82 Å². The maximum Gasteiger partial charge on any atom is 0.224 e. The summed E-state index contributed by atoms with van der Waals surface area (Å²) >= 11 is 0. The third-order valence-electron chi connectivity index (χ3n) is 5.03. The molecule has 0 N–H and O–H groups in total. The Labute approximate surface area is 128 Å². The zero-order chi connectivity index (χ0) is 15.2. The molecule has 0 radical (unpaired) electrons. The number of rotatable bonds is 2. The minimum atomic E-state index is -0.0779. The molecule has 1 aliphatic carbocycles. The SMILES string of the molecule is Cc1nnc([C@]23CCC[C@H]2CN(c2ncccc2C#N)C3)o1. The van der Waals surface area contributed by atoms with Crippen LogP contribution in [0.1, 0.15) is 36.6 Å². The molecule has 2 fully saturated rings. The minimum Gasteiger partial charge on any atom is -0.425 e. The van der Waals surface area contributed by atoms with Crippen LogP contribution in [0.4, 0.5) is 5.82 Å². The Morgan fingerprint density at radius 2 is 2.36 bits per heavy atom. The van der Waals surface area contributed by atoms with Crippen LogP contribution in [0, 0.1) is 24.2 Å². The molecule has 2 atom stereocenters. The van der Waals surface area contributed by atoms with Crippen molar-refractivity contribution in [2.75, 3.05) is 18.0 Å². The fourth-order valence-corrected chi connectivity index (χ4v) is 4.03. The van der Waals surface area contributed by atoms with Gasteiger partial charge in [-0.3, -0.25) is 0 Å². The summed E-state index contributed by atoms with van der Waals surface area (Å²) in [4.78, 5) is 6.64. The molecule has 6 heteroatoms. The summed E-state index contributed by atoms with van der Waals surface area (Å²) in [7, 11) is 0. The summed E-state index contributed by atoms with van der Waals surface area (Å²) in [5.41, 5.74) is 0.547. The first kappa shape index (κ1) is 13.3. The monoisotopic (exact) mass is 295 g/mol. The largest absolute Gasteiger partial charge is 0.425 e. The predicted molar refractivity (Wildman–Crippen MR) is 79.2 cm³/mol. The standard InChI is InChI=1S/C16H17N5O/c1-11-19-20-15(22-11)16-6-2-5-13(16)9-21(10-16)14-12(8-17)4-3-7-18-14/h3-4,7,13H,2,5-6,9-10H2,1H3/t13-,16-/m0/s1. The lowest BCUT2D eigenvalue weighted by molar-refractivity contribution is 0.299. The van der Waals surface area contributed by atoms with E-state index in [1.165, 1.54) is 6.42 Å². The number of aromatic nitrogens is 3. The van der Waals surface area contributed by atoms with Crippen molar-refractivity contribution in [2.24, 2.45) is 5.92 Å². The number of fused-ring (bicyclic) bond motifs is 1. The van der Waals surface area contributed by atoms with Crippen LogP contribution < -0.4 is 4.90 Å². The summed E-state index contributed by atoms with van der Waals surface area (Å²) in [5, 5.41) is 17.6. The van der Waals surface area contributed by atoms with Crippen molar-refractivity contribution in [3.8, 4) is 6.07 Å². The van der Waals surface area contributed by atoms with Crippen LogP contribution in [0.3, 0.4) is 0 Å².